The van der Waals surface area contributed by atoms with Gasteiger partial charge in [-0.15, -0.1) is 0 Å². The number of ether oxygens (including phenoxy) is 4. The summed E-state index contributed by atoms with van der Waals surface area (Å²) in [6, 6.07) is 0.333. The molecule has 0 heterocycles. The van der Waals surface area contributed by atoms with Gasteiger partial charge in [-0.3, -0.25) is 0 Å². The van der Waals surface area contributed by atoms with E-state index in [4.69, 9.17) is 24.7 Å². The Balaban J connectivity index is -0.000000118. The van der Waals surface area contributed by atoms with Crippen LogP contribution in [0.3, 0.4) is 0 Å². The van der Waals surface area contributed by atoms with Crippen molar-refractivity contribution in [3.8, 4) is 0 Å². The molecule has 140 valence electrons. The fraction of sp³-hybridized carbons (Fsp3) is 1.00. The molecule has 0 aromatic carbocycles. The van der Waals surface area contributed by atoms with E-state index < -0.39 is 0 Å². The molecule has 0 aromatic rings. The van der Waals surface area contributed by atoms with Crippen molar-refractivity contribution >= 4 is 15.9 Å². The fourth-order valence-corrected chi connectivity index (χ4v) is 1.55. The number of alkyl halides is 1. The van der Waals surface area contributed by atoms with Crippen molar-refractivity contribution in [3.63, 3.8) is 0 Å². The third kappa shape index (κ3) is 32.3. The van der Waals surface area contributed by atoms with E-state index >= 15 is 0 Å². The fourth-order valence-electron chi connectivity index (χ4n) is 1.02. The molecule has 0 aliphatic rings. The average molecular weight is 392 g/mol. The maximum absolute atomic E-state index is 5.11. The van der Waals surface area contributed by atoms with Crippen molar-refractivity contribution in [1.29, 1.82) is 0 Å². The van der Waals surface area contributed by atoms with Crippen LogP contribution in [0.4, 0.5) is 0 Å². The number of hydrogen-bond donors (Lipinski definition) is 1. The quantitative estimate of drug-likeness (QED) is 0.506. The molecule has 22 heavy (non-hydrogen) atoms. The maximum atomic E-state index is 5.11. The summed E-state index contributed by atoms with van der Waals surface area (Å²) in [4.78, 5) is 0. The van der Waals surface area contributed by atoms with Crippen LogP contribution in [-0.2, 0) is 18.9 Å². The number of methoxy groups -OCH3 is 4. The molecule has 0 saturated heterocycles. The van der Waals surface area contributed by atoms with E-state index in [9.17, 15) is 0 Å². The van der Waals surface area contributed by atoms with Gasteiger partial charge in [-0.25, -0.2) is 0 Å². The van der Waals surface area contributed by atoms with Crippen LogP contribution >= 0.6 is 15.9 Å². The molecule has 0 spiro atoms. The van der Waals surface area contributed by atoms with Gasteiger partial charge in [-0.1, -0.05) is 43.6 Å². The first-order chi connectivity index (χ1) is 9.78. The van der Waals surface area contributed by atoms with Crippen LogP contribution in [0.1, 0.15) is 40.5 Å². The number of halogens is 1. The molecule has 0 amide bonds. The van der Waals surface area contributed by atoms with E-state index in [1.54, 1.807) is 28.4 Å². The summed E-state index contributed by atoms with van der Waals surface area (Å²) in [5.41, 5.74) is 5.11. The molecule has 0 bridgehead atoms. The highest BCUT2D eigenvalue weighted by Crippen LogP contribution is 2.08. The number of rotatable bonds is 8. The Morgan fingerprint density at radius 2 is 1.09 bits per heavy atom. The Kier molecular flexibility index (Phi) is 32.2. The first-order valence-corrected chi connectivity index (χ1v) is 8.33. The van der Waals surface area contributed by atoms with Crippen molar-refractivity contribution < 1.29 is 24.4 Å². The molecule has 4 N–H and O–H groups in total. The first kappa shape index (κ1) is 30.2. The van der Waals surface area contributed by atoms with E-state index in [0.29, 0.717) is 6.04 Å². The minimum absolute atomic E-state index is 0. The summed E-state index contributed by atoms with van der Waals surface area (Å²) < 4.78 is 19.6. The number of hydrogen-bond acceptors (Lipinski definition) is 5. The van der Waals surface area contributed by atoms with Crippen molar-refractivity contribution in [2.75, 3.05) is 33.8 Å². The first-order valence-electron chi connectivity index (χ1n) is 7.21. The highest BCUT2D eigenvalue weighted by Gasteiger charge is 2.04. The Hall–Kier alpha value is 0.240. The summed E-state index contributed by atoms with van der Waals surface area (Å²) >= 11 is 3.19. The standard InChI is InChI=1S/C8H18O2.C4H9BrO2.C3H9N.H2O/c1-7(2)5-6-8(9-3)10-4;1-6-4(3-5)7-2;1-3(2)4;/h7-8H,5-6H2,1-4H3;4H,3H2,1-2H3;3H,4H2,1-2H3;1H2. The highest BCUT2D eigenvalue weighted by atomic mass is 79.9. The normalized spacial score (nSPS) is 10.1. The molecule has 0 aliphatic heterocycles. The second-order valence-corrected chi connectivity index (χ2v) is 5.82. The molecule has 0 aliphatic carbocycles. The van der Waals surface area contributed by atoms with E-state index in [0.717, 1.165) is 24.1 Å². The third-order valence-corrected chi connectivity index (χ3v) is 2.69. The second-order valence-electron chi connectivity index (χ2n) is 5.17. The molecule has 6 nitrogen and oxygen atoms in total. The van der Waals surface area contributed by atoms with Crippen molar-refractivity contribution in [2.45, 2.75) is 59.2 Å². The molecule has 0 atom stereocenters. The Morgan fingerprint density at radius 3 is 1.23 bits per heavy atom. The smallest absolute Gasteiger partial charge is 0.166 e. The zero-order chi connectivity index (χ0) is 17.3. The molecular formula is C15H38BrNO5. The average Bonchev–Trinajstić information content (AvgIpc) is 2.41. The summed E-state index contributed by atoms with van der Waals surface area (Å²) in [7, 11) is 6.56. The monoisotopic (exact) mass is 391 g/mol. The van der Waals surface area contributed by atoms with E-state index in [1.165, 1.54) is 0 Å². The van der Waals surface area contributed by atoms with Crippen LogP contribution in [0.5, 0.6) is 0 Å². The summed E-state index contributed by atoms with van der Waals surface area (Å²) in [5.74, 6) is 0.729. The van der Waals surface area contributed by atoms with E-state index in [-0.39, 0.29) is 18.1 Å². The van der Waals surface area contributed by atoms with Crippen LogP contribution in [0.15, 0.2) is 0 Å². The van der Waals surface area contributed by atoms with Gasteiger partial charge in [0.1, 0.15) is 0 Å². The van der Waals surface area contributed by atoms with Crippen molar-refractivity contribution in [3.05, 3.63) is 0 Å². The van der Waals surface area contributed by atoms with Gasteiger partial charge < -0.3 is 30.2 Å². The van der Waals surface area contributed by atoms with Crippen LogP contribution in [0, 0.1) is 5.92 Å². The predicted molar refractivity (Wildman–Crippen MR) is 96.4 cm³/mol. The van der Waals surface area contributed by atoms with E-state index in [1.807, 2.05) is 13.8 Å². The van der Waals surface area contributed by atoms with Gasteiger partial charge in [-0.2, -0.15) is 0 Å². The van der Waals surface area contributed by atoms with Gasteiger partial charge in [0, 0.05) is 28.4 Å². The lowest BCUT2D eigenvalue weighted by molar-refractivity contribution is -0.108. The molecular weight excluding hydrogens is 354 g/mol. The molecule has 0 unspecified atom stereocenters. The third-order valence-electron chi connectivity index (χ3n) is 2.16. The SMILES string of the molecule is CC(C)N.COC(CBr)OC.COC(CCC(C)C)OC.O. The topological polar surface area (TPSA) is 94.4 Å². The minimum atomic E-state index is -0.0972. The lowest BCUT2D eigenvalue weighted by atomic mass is 10.1. The number of nitrogens with two attached hydrogens (primary N) is 1. The zero-order valence-electron chi connectivity index (χ0n) is 15.5. The van der Waals surface area contributed by atoms with Crippen LogP contribution in [0.25, 0.3) is 0 Å². The zero-order valence-corrected chi connectivity index (χ0v) is 17.1. The maximum Gasteiger partial charge on any atom is 0.166 e. The molecule has 0 radical (unpaired) electrons. The van der Waals surface area contributed by atoms with Gasteiger partial charge in [0.2, 0.25) is 0 Å². The van der Waals surface area contributed by atoms with Gasteiger partial charge in [0.05, 0.1) is 5.33 Å². The van der Waals surface area contributed by atoms with Gasteiger partial charge in [0.25, 0.3) is 0 Å². The molecule has 0 rings (SSSR count). The predicted octanol–water partition coefficient (Wildman–Crippen LogP) is 2.57. The summed E-state index contributed by atoms with van der Waals surface area (Å²) in [6.45, 7) is 8.28. The van der Waals surface area contributed by atoms with Crippen molar-refractivity contribution in [1.82, 2.24) is 0 Å². The summed E-state index contributed by atoms with van der Waals surface area (Å²) in [6.07, 6.45) is 2.04. The van der Waals surface area contributed by atoms with Crippen LogP contribution in [-0.4, -0.2) is 57.9 Å². The lowest BCUT2D eigenvalue weighted by Crippen LogP contribution is -2.13. The van der Waals surface area contributed by atoms with Gasteiger partial charge in [-0.05, 0) is 24.8 Å². The van der Waals surface area contributed by atoms with E-state index in [2.05, 4.69) is 29.8 Å². The molecule has 0 aromatic heterocycles. The summed E-state index contributed by atoms with van der Waals surface area (Å²) in [5, 5.41) is 0.722. The Morgan fingerprint density at radius 1 is 0.773 bits per heavy atom. The van der Waals surface area contributed by atoms with Crippen LogP contribution < -0.4 is 5.73 Å². The Labute approximate surface area is 145 Å². The second kappa shape index (κ2) is 23.5. The molecule has 0 saturated carbocycles. The molecule has 7 heteroatoms. The van der Waals surface area contributed by atoms with Gasteiger partial charge in [0.15, 0.2) is 12.6 Å². The van der Waals surface area contributed by atoms with Crippen molar-refractivity contribution in [2.24, 2.45) is 11.7 Å². The largest absolute Gasteiger partial charge is 0.412 e. The lowest BCUT2D eigenvalue weighted by Gasteiger charge is -2.13. The van der Waals surface area contributed by atoms with Crippen LogP contribution in [0.2, 0.25) is 0 Å². The molecule has 0 fully saturated rings. The Bertz CT molecular complexity index is 169. The minimum Gasteiger partial charge on any atom is -0.412 e. The van der Waals surface area contributed by atoms with Gasteiger partial charge >= 0.3 is 0 Å². The highest BCUT2D eigenvalue weighted by molar-refractivity contribution is 9.09.